The Balaban J connectivity index is 2.06. The zero-order valence-electron chi connectivity index (χ0n) is 17.3. The summed E-state index contributed by atoms with van der Waals surface area (Å²) < 4.78 is 53.7. The molecule has 0 radical (unpaired) electrons. The molecule has 10 heteroatoms. The molecule has 1 aromatic heterocycles. The van der Waals surface area contributed by atoms with Gasteiger partial charge in [-0.2, -0.15) is 18.2 Å². The van der Waals surface area contributed by atoms with E-state index >= 15 is 0 Å². The van der Waals surface area contributed by atoms with Crippen molar-refractivity contribution in [2.75, 3.05) is 43.2 Å². The van der Waals surface area contributed by atoms with Crippen LogP contribution in [0.15, 0.2) is 10.9 Å². The lowest BCUT2D eigenvalue weighted by molar-refractivity contribution is -0.153. The largest absolute Gasteiger partial charge is 0.408 e. The smallest absolute Gasteiger partial charge is 0.379 e. The van der Waals surface area contributed by atoms with Gasteiger partial charge in [-0.05, 0) is 19.3 Å². The summed E-state index contributed by atoms with van der Waals surface area (Å²) in [6.45, 7) is 7.22. The molecule has 2 aliphatic heterocycles. The number of fused-ring (bicyclic) bond motifs is 1. The molecule has 164 valence electrons. The summed E-state index contributed by atoms with van der Waals surface area (Å²) in [7, 11) is 1.49. The van der Waals surface area contributed by atoms with Crippen LogP contribution < -0.4 is 15.4 Å². The van der Waals surface area contributed by atoms with Gasteiger partial charge in [-0.15, -0.1) is 0 Å². The lowest BCUT2D eigenvalue weighted by Crippen LogP contribution is -2.55. The van der Waals surface area contributed by atoms with Crippen LogP contribution in [0.4, 0.5) is 24.9 Å². The van der Waals surface area contributed by atoms with Crippen molar-refractivity contribution in [1.82, 2.24) is 9.55 Å². The van der Waals surface area contributed by atoms with Crippen LogP contribution in [0.25, 0.3) is 0 Å². The fourth-order valence-corrected chi connectivity index (χ4v) is 3.97. The van der Waals surface area contributed by atoms with Crippen molar-refractivity contribution in [3.8, 4) is 0 Å². The first kappa shape index (κ1) is 21.9. The quantitative estimate of drug-likeness (QED) is 0.731. The van der Waals surface area contributed by atoms with E-state index in [4.69, 9.17) is 9.47 Å². The number of hydrogen-bond donors (Lipinski definition) is 0. The van der Waals surface area contributed by atoms with Crippen molar-refractivity contribution in [2.24, 2.45) is 5.92 Å². The SMILES string of the molecule is COC(CN1c2nc(N3CCOC[C@H]3C)cc(=O)n2CCC1C(F)(F)F)C(C)C. The van der Waals surface area contributed by atoms with Crippen molar-refractivity contribution in [2.45, 2.75) is 58.1 Å². The average Bonchev–Trinajstić information content (AvgIpc) is 2.65. The van der Waals surface area contributed by atoms with Crippen LogP contribution in [0.5, 0.6) is 0 Å². The van der Waals surface area contributed by atoms with E-state index in [-0.39, 0.29) is 43.0 Å². The van der Waals surface area contributed by atoms with E-state index in [2.05, 4.69) is 4.98 Å². The number of anilines is 2. The fourth-order valence-electron chi connectivity index (χ4n) is 3.97. The van der Waals surface area contributed by atoms with Gasteiger partial charge in [0, 0.05) is 32.8 Å². The minimum absolute atomic E-state index is 0.00685. The van der Waals surface area contributed by atoms with Crippen LogP contribution in [-0.4, -0.2) is 67.3 Å². The maximum atomic E-state index is 13.8. The number of methoxy groups -OCH3 is 1. The summed E-state index contributed by atoms with van der Waals surface area (Å²) in [5.74, 6) is 0.462. The maximum absolute atomic E-state index is 13.8. The van der Waals surface area contributed by atoms with Gasteiger partial charge in [-0.25, -0.2) is 0 Å². The molecule has 0 saturated carbocycles. The van der Waals surface area contributed by atoms with Crippen LogP contribution in [-0.2, 0) is 16.0 Å². The Labute approximate surface area is 168 Å². The van der Waals surface area contributed by atoms with E-state index in [1.54, 1.807) is 0 Å². The van der Waals surface area contributed by atoms with Crippen molar-refractivity contribution in [3.05, 3.63) is 16.4 Å². The van der Waals surface area contributed by atoms with Crippen molar-refractivity contribution in [1.29, 1.82) is 0 Å². The molecule has 0 aliphatic carbocycles. The van der Waals surface area contributed by atoms with Crippen LogP contribution in [0.3, 0.4) is 0 Å². The molecule has 3 rings (SSSR count). The standard InChI is InChI=1S/C19H29F3N4O3/c1-12(2)14(28-4)10-26-15(19(20,21)22)5-6-25-17(27)9-16(23-18(25)26)24-7-8-29-11-13(24)3/h9,12-15H,5-8,10-11H2,1-4H3/t13-,14?,15?/m1/s1. The second-order valence-corrected chi connectivity index (χ2v) is 8.04. The molecule has 1 saturated heterocycles. The first-order chi connectivity index (χ1) is 13.6. The van der Waals surface area contributed by atoms with Gasteiger partial charge in [0.25, 0.3) is 5.56 Å². The molecule has 2 unspecified atom stereocenters. The number of halogens is 3. The summed E-state index contributed by atoms with van der Waals surface area (Å²) in [5.41, 5.74) is -0.340. The third-order valence-electron chi connectivity index (χ3n) is 5.70. The van der Waals surface area contributed by atoms with Crippen LogP contribution in [0, 0.1) is 5.92 Å². The third kappa shape index (κ3) is 4.53. The van der Waals surface area contributed by atoms with E-state index in [0.717, 1.165) is 0 Å². The number of rotatable bonds is 5. The van der Waals surface area contributed by atoms with Gasteiger partial charge >= 0.3 is 6.18 Å². The van der Waals surface area contributed by atoms with E-state index < -0.39 is 18.3 Å². The molecule has 7 nitrogen and oxygen atoms in total. The molecule has 0 spiro atoms. The number of alkyl halides is 3. The number of nitrogens with zero attached hydrogens (tertiary/aromatic N) is 4. The molecular weight excluding hydrogens is 389 g/mol. The summed E-state index contributed by atoms with van der Waals surface area (Å²) in [5, 5.41) is 0. The third-order valence-corrected chi connectivity index (χ3v) is 5.70. The lowest BCUT2D eigenvalue weighted by Gasteiger charge is -2.42. The minimum Gasteiger partial charge on any atom is -0.379 e. The van der Waals surface area contributed by atoms with Crippen molar-refractivity contribution < 1.29 is 22.6 Å². The summed E-state index contributed by atoms with van der Waals surface area (Å²) in [6.07, 6.45) is -5.05. The van der Waals surface area contributed by atoms with Crippen LogP contribution in [0.2, 0.25) is 0 Å². The topological polar surface area (TPSA) is 59.8 Å². The van der Waals surface area contributed by atoms with Crippen LogP contribution in [0.1, 0.15) is 27.2 Å². The summed E-state index contributed by atoms with van der Waals surface area (Å²) in [4.78, 5) is 20.4. The van der Waals surface area contributed by atoms with Gasteiger partial charge in [0.15, 0.2) is 0 Å². The van der Waals surface area contributed by atoms with Gasteiger partial charge in [0.2, 0.25) is 5.95 Å². The highest BCUT2D eigenvalue weighted by Crippen LogP contribution is 2.35. The van der Waals surface area contributed by atoms with Gasteiger partial charge in [0.1, 0.15) is 11.9 Å². The van der Waals surface area contributed by atoms with E-state index in [1.165, 1.54) is 22.6 Å². The minimum atomic E-state index is -4.43. The van der Waals surface area contributed by atoms with Crippen molar-refractivity contribution in [3.63, 3.8) is 0 Å². The number of ether oxygens (including phenoxy) is 2. The first-order valence-corrected chi connectivity index (χ1v) is 9.96. The normalized spacial score (nSPS) is 24.0. The van der Waals surface area contributed by atoms with Gasteiger partial charge in [0.05, 0.1) is 25.4 Å². The molecule has 2 aliphatic rings. The van der Waals surface area contributed by atoms with E-state index in [1.807, 2.05) is 25.7 Å². The van der Waals surface area contributed by atoms with E-state index in [9.17, 15) is 18.0 Å². The Hall–Kier alpha value is -1.81. The van der Waals surface area contributed by atoms with Gasteiger partial charge in [-0.1, -0.05) is 13.8 Å². The number of aromatic nitrogens is 2. The zero-order chi connectivity index (χ0) is 21.3. The average molecular weight is 418 g/mol. The number of morpholine rings is 1. The number of hydrogen-bond acceptors (Lipinski definition) is 6. The van der Waals surface area contributed by atoms with E-state index in [0.29, 0.717) is 25.6 Å². The summed E-state index contributed by atoms with van der Waals surface area (Å²) in [6, 6.07) is -0.312. The fraction of sp³-hybridized carbons (Fsp3) is 0.789. The lowest BCUT2D eigenvalue weighted by atomic mass is 10.0. The highest BCUT2D eigenvalue weighted by atomic mass is 19.4. The molecule has 3 atom stereocenters. The second kappa shape index (κ2) is 8.51. The van der Waals surface area contributed by atoms with Gasteiger partial charge < -0.3 is 19.3 Å². The molecule has 3 heterocycles. The molecular formula is C19H29F3N4O3. The molecule has 0 amide bonds. The molecule has 1 fully saturated rings. The van der Waals surface area contributed by atoms with Gasteiger partial charge in [-0.3, -0.25) is 9.36 Å². The predicted molar refractivity (Wildman–Crippen MR) is 104 cm³/mol. The Morgan fingerprint density at radius 1 is 1.34 bits per heavy atom. The first-order valence-electron chi connectivity index (χ1n) is 9.96. The zero-order valence-corrected chi connectivity index (χ0v) is 17.3. The molecule has 29 heavy (non-hydrogen) atoms. The molecule has 0 aromatic carbocycles. The maximum Gasteiger partial charge on any atom is 0.408 e. The second-order valence-electron chi connectivity index (χ2n) is 8.04. The molecule has 0 bridgehead atoms. The Kier molecular flexibility index (Phi) is 6.42. The Morgan fingerprint density at radius 3 is 2.66 bits per heavy atom. The Morgan fingerprint density at radius 2 is 2.07 bits per heavy atom. The highest BCUT2D eigenvalue weighted by Gasteiger charge is 2.47. The predicted octanol–water partition coefficient (Wildman–Crippen LogP) is 2.28. The molecule has 1 aromatic rings. The Bertz CT molecular complexity index is 768. The molecule has 0 N–H and O–H groups in total. The highest BCUT2D eigenvalue weighted by molar-refractivity contribution is 5.47. The van der Waals surface area contributed by atoms with Crippen LogP contribution >= 0.6 is 0 Å². The summed E-state index contributed by atoms with van der Waals surface area (Å²) >= 11 is 0. The monoisotopic (exact) mass is 418 g/mol. The van der Waals surface area contributed by atoms with Crippen molar-refractivity contribution >= 4 is 11.8 Å².